The molecule has 0 N–H and O–H groups in total. The Morgan fingerprint density at radius 3 is 1.75 bits per heavy atom. The number of para-hydroxylation sites is 1. The minimum absolute atomic E-state index is 0.828. The lowest BCUT2D eigenvalue weighted by Crippen LogP contribution is -2.10. The molecule has 0 spiro atoms. The molecule has 0 aliphatic rings. The number of nitrogens with zero attached hydrogens (tertiary/aromatic N) is 2. The molecule has 0 fully saturated rings. The summed E-state index contributed by atoms with van der Waals surface area (Å²) in [5.74, 6) is 1.68. The topological polar surface area (TPSA) is 24.9 Å². The van der Waals surface area contributed by atoms with Crippen molar-refractivity contribution in [1.29, 1.82) is 0 Å². The van der Waals surface area contributed by atoms with Gasteiger partial charge in [0.1, 0.15) is 11.5 Å². The van der Waals surface area contributed by atoms with Crippen LogP contribution in [0.15, 0.2) is 97.1 Å². The van der Waals surface area contributed by atoms with Crippen molar-refractivity contribution in [3.05, 3.63) is 97.1 Å². The Balaban J connectivity index is 1.69. The molecule has 32 heavy (non-hydrogen) atoms. The second-order valence-corrected chi connectivity index (χ2v) is 7.62. The maximum absolute atomic E-state index is 5.62. The van der Waals surface area contributed by atoms with Crippen LogP contribution in [0.25, 0.3) is 11.1 Å². The zero-order valence-corrected chi connectivity index (χ0v) is 18.9. The van der Waals surface area contributed by atoms with E-state index in [9.17, 15) is 0 Å². The van der Waals surface area contributed by atoms with Gasteiger partial charge in [0.2, 0.25) is 0 Å². The van der Waals surface area contributed by atoms with Crippen LogP contribution in [-0.4, -0.2) is 28.3 Å². The molecule has 4 rings (SSSR count). The van der Waals surface area contributed by atoms with Crippen LogP contribution >= 0.6 is 0 Å². The molecule has 4 nitrogen and oxygen atoms in total. The zero-order valence-electron chi connectivity index (χ0n) is 18.9. The monoisotopic (exact) mass is 424 g/mol. The van der Waals surface area contributed by atoms with Gasteiger partial charge in [0, 0.05) is 42.9 Å². The minimum Gasteiger partial charge on any atom is -0.497 e. The fraction of sp³-hybridized carbons (Fsp3) is 0.143. The Bertz CT molecular complexity index is 1170. The number of hydrogen-bond acceptors (Lipinski definition) is 4. The van der Waals surface area contributed by atoms with Crippen LogP contribution in [0.3, 0.4) is 0 Å². The molecular formula is C28H28N2O2. The number of benzene rings is 4. The highest BCUT2D eigenvalue weighted by Crippen LogP contribution is 2.35. The van der Waals surface area contributed by atoms with E-state index in [0.717, 1.165) is 45.4 Å². The second-order valence-electron chi connectivity index (χ2n) is 7.62. The van der Waals surface area contributed by atoms with Crippen molar-refractivity contribution < 1.29 is 9.47 Å². The lowest BCUT2D eigenvalue weighted by atomic mass is 10.0. The number of anilines is 4. The number of ether oxygens (including phenoxy) is 2. The Morgan fingerprint density at radius 2 is 1.06 bits per heavy atom. The molecule has 0 atom stereocenters. The predicted octanol–water partition coefficient (Wildman–Crippen LogP) is 6.91. The summed E-state index contributed by atoms with van der Waals surface area (Å²) in [6.07, 6.45) is 0. The van der Waals surface area contributed by atoms with E-state index in [-0.39, 0.29) is 0 Å². The lowest BCUT2D eigenvalue weighted by molar-refractivity contribution is 0.415. The quantitative estimate of drug-likeness (QED) is 0.322. The maximum atomic E-state index is 5.62. The summed E-state index contributed by atoms with van der Waals surface area (Å²) in [6, 6.07) is 33.3. The van der Waals surface area contributed by atoms with E-state index in [4.69, 9.17) is 9.47 Å². The van der Waals surface area contributed by atoms with Gasteiger partial charge < -0.3 is 19.3 Å². The highest BCUT2D eigenvalue weighted by atomic mass is 16.5. The van der Waals surface area contributed by atoms with Crippen LogP contribution in [0, 0.1) is 0 Å². The van der Waals surface area contributed by atoms with Crippen molar-refractivity contribution in [3.8, 4) is 22.6 Å². The number of hydrogen-bond donors (Lipinski definition) is 0. The normalized spacial score (nSPS) is 10.5. The first-order valence-corrected chi connectivity index (χ1v) is 10.5. The van der Waals surface area contributed by atoms with Crippen molar-refractivity contribution in [2.75, 3.05) is 38.1 Å². The third-order valence-corrected chi connectivity index (χ3v) is 5.68. The van der Waals surface area contributed by atoms with Gasteiger partial charge in [-0.3, -0.25) is 0 Å². The van der Waals surface area contributed by atoms with Gasteiger partial charge in [-0.05, 0) is 71.8 Å². The molecule has 162 valence electrons. The Labute approximate surface area is 190 Å². The molecule has 0 unspecified atom stereocenters. The molecule has 0 aliphatic heterocycles. The fourth-order valence-corrected chi connectivity index (χ4v) is 3.71. The third-order valence-electron chi connectivity index (χ3n) is 5.68. The standard InChI is InChI=1S/C28H28N2O2/c1-29(24-13-15-27(31-3)16-14-24)25-12-8-9-21(17-25)22-18-26(20-28(19-22)32-4)30(2)23-10-6-5-7-11-23/h5-20H,1-4H3. The van der Waals surface area contributed by atoms with Gasteiger partial charge in [-0.25, -0.2) is 0 Å². The summed E-state index contributed by atoms with van der Waals surface area (Å²) in [7, 11) is 7.53. The molecule has 0 radical (unpaired) electrons. The van der Waals surface area contributed by atoms with Gasteiger partial charge in [0.05, 0.1) is 14.2 Å². The summed E-state index contributed by atoms with van der Waals surface area (Å²) in [4.78, 5) is 4.33. The Kier molecular flexibility index (Phi) is 6.31. The molecule has 4 aromatic carbocycles. The molecule has 0 saturated heterocycles. The SMILES string of the molecule is COc1ccc(N(C)c2cccc(-c3cc(OC)cc(N(C)c4ccccc4)c3)c2)cc1. The van der Waals surface area contributed by atoms with Crippen LogP contribution in [0.5, 0.6) is 11.5 Å². The Morgan fingerprint density at radius 1 is 0.469 bits per heavy atom. The van der Waals surface area contributed by atoms with Gasteiger partial charge >= 0.3 is 0 Å². The van der Waals surface area contributed by atoms with Crippen molar-refractivity contribution in [2.24, 2.45) is 0 Å². The van der Waals surface area contributed by atoms with Crippen LogP contribution in [0.2, 0.25) is 0 Å². The van der Waals surface area contributed by atoms with E-state index < -0.39 is 0 Å². The highest BCUT2D eigenvalue weighted by molar-refractivity contribution is 5.77. The summed E-state index contributed by atoms with van der Waals surface area (Å²) in [6.45, 7) is 0. The summed E-state index contributed by atoms with van der Waals surface area (Å²) >= 11 is 0. The summed E-state index contributed by atoms with van der Waals surface area (Å²) in [5, 5.41) is 0. The van der Waals surface area contributed by atoms with Gasteiger partial charge in [-0.1, -0.05) is 30.3 Å². The predicted molar refractivity (Wildman–Crippen MR) is 134 cm³/mol. The molecule has 4 aromatic rings. The molecule has 0 heterocycles. The first kappa shape index (κ1) is 21.3. The molecule has 0 saturated carbocycles. The van der Waals surface area contributed by atoms with Crippen molar-refractivity contribution in [1.82, 2.24) is 0 Å². The highest BCUT2D eigenvalue weighted by Gasteiger charge is 2.11. The largest absolute Gasteiger partial charge is 0.497 e. The first-order chi connectivity index (χ1) is 15.6. The van der Waals surface area contributed by atoms with E-state index >= 15 is 0 Å². The molecule has 0 aromatic heterocycles. The van der Waals surface area contributed by atoms with Crippen LogP contribution in [0.4, 0.5) is 22.7 Å². The minimum atomic E-state index is 0.828. The second kappa shape index (κ2) is 9.48. The van der Waals surface area contributed by atoms with Gasteiger partial charge in [-0.2, -0.15) is 0 Å². The van der Waals surface area contributed by atoms with Gasteiger partial charge in [-0.15, -0.1) is 0 Å². The molecule has 0 amide bonds. The summed E-state index contributed by atoms with van der Waals surface area (Å²) < 4.78 is 10.9. The maximum Gasteiger partial charge on any atom is 0.121 e. The third kappa shape index (κ3) is 4.54. The average molecular weight is 425 g/mol. The molecule has 0 bridgehead atoms. The van der Waals surface area contributed by atoms with Gasteiger partial charge in [0.25, 0.3) is 0 Å². The van der Waals surface area contributed by atoms with E-state index in [1.54, 1.807) is 14.2 Å². The lowest BCUT2D eigenvalue weighted by Gasteiger charge is -2.22. The van der Waals surface area contributed by atoms with Crippen molar-refractivity contribution in [2.45, 2.75) is 0 Å². The smallest absolute Gasteiger partial charge is 0.121 e. The van der Waals surface area contributed by atoms with E-state index in [1.807, 2.05) is 30.3 Å². The first-order valence-electron chi connectivity index (χ1n) is 10.5. The van der Waals surface area contributed by atoms with Crippen molar-refractivity contribution in [3.63, 3.8) is 0 Å². The molecular weight excluding hydrogens is 396 g/mol. The number of methoxy groups -OCH3 is 2. The fourth-order valence-electron chi connectivity index (χ4n) is 3.71. The number of rotatable bonds is 7. The average Bonchev–Trinajstić information content (AvgIpc) is 2.88. The van der Waals surface area contributed by atoms with E-state index in [1.165, 1.54) is 0 Å². The summed E-state index contributed by atoms with van der Waals surface area (Å²) in [5.41, 5.74) is 6.63. The zero-order chi connectivity index (χ0) is 22.5. The van der Waals surface area contributed by atoms with Crippen LogP contribution < -0.4 is 19.3 Å². The van der Waals surface area contributed by atoms with E-state index in [2.05, 4.69) is 90.6 Å². The van der Waals surface area contributed by atoms with E-state index in [0.29, 0.717) is 0 Å². The van der Waals surface area contributed by atoms with Gasteiger partial charge in [0.15, 0.2) is 0 Å². The van der Waals surface area contributed by atoms with Crippen LogP contribution in [-0.2, 0) is 0 Å². The van der Waals surface area contributed by atoms with Crippen molar-refractivity contribution >= 4 is 22.7 Å². The Hall–Kier alpha value is -3.92. The molecule has 4 heteroatoms. The van der Waals surface area contributed by atoms with Crippen LogP contribution in [0.1, 0.15) is 0 Å². The molecule has 0 aliphatic carbocycles.